The number of aromatic nitrogens is 3. The molecule has 0 saturated carbocycles. The van der Waals surface area contributed by atoms with Crippen molar-refractivity contribution in [2.24, 2.45) is 11.7 Å². The number of amides is 1. The molecular weight excluding hydrogens is 436 g/mol. The first kappa shape index (κ1) is 21.4. The number of nitrogens with zero attached hydrogens (tertiary/aromatic N) is 5. The molecule has 2 aromatic carbocycles. The van der Waals surface area contributed by atoms with E-state index in [-0.39, 0.29) is 11.8 Å². The van der Waals surface area contributed by atoms with Crippen LogP contribution >= 0.6 is 0 Å². The predicted octanol–water partition coefficient (Wildman–Crippen LogP) is 5.01. The molecule has 2 aromatic heterocycles. The second-order valence-electron chi connectivity index (χ2n) is 10.1. The lowest BCUT2D eigenvalue weighted by molar-refractivity contribution is -0.117. The molecule has 1 fully saturated rings. The smallest absolute Gasteiger partial charge is 0.227 e. The van der Waals surface area contributed by atoms with Crippen molar-refractivity contribution in [3.63, 3.8) is 0 Å². The van der Waals surface area contributed by atoms with Gasteiger partial charge in [0.1, 0.15) is 0 Å². The summed E-state index contributed by atoms with van der Waals surface area (Å²) in [6.45, 7) is 12.5. The van der Waals surface area contributed by atoms with Gasteiger partial charge in [-0.25, -0.2) is 9.83 Å². The zero-order chi connectivity index (χ0) is 24.3. The summed E-state index contributed by atoms with van der Waals surface area (Å²) < 4.78 is 4.32. The van der Waals surface area contributed by atoms with Gasteiger partial charge in [-0.05, 0) is 49.2 Å². The highest BCUT2D eigenvalue weighted by molar-refractivity contribution is 5.96. The largest absolute Gasteiger partial charge is 0.340 e. The number of imidazole rings is 1. The Morgan fingerprint density at radius 3 is 2.63 bits per heavy atom. The van der Waals surface area contributed by atoms with Gasteiger partial charge >= 0.3 is 0 Å². The lowest BCUT2D eigenvalue weighted by Gasteiger charge is -2.26. The number of fused-ring (bicyclic) bond motifs is 5. The third-order valence-electron chi connectivity index (χ3n) is 7.25. The quantitative estimate of drug-likeness (QED) is 0.383. The van der Waals surface area contributed by atoms with Crippen molar-refractivity contribution >= 4 is 17.3 Å². The van der Waals surface area contributed by atoms with Gasteiger partial charge < -0.3 is 15.2 Å². The van der Waals surface area contributed by atoms with Crippen LogP contribution in [0, 0.1) is 12.5 Å². The fraction of sp³-hybridized carbons (Fsp3) is 0.250. The average molecular weight is 463 g/mol. The van der Waals surface area contributed by atoms with Gasteiger partial charge in [0.2, 0.25) is 5.91 Å². The van der Waals surface area contributed by atoms with E-state index in [0.29, 0.717) is 25.2 Å². The molecule has 1 amide bonds. The standard InChI is InChI=1S/C28H26N6O/c1-28(2,29)21-14-26(35)34(17-21)23-8-9-24-20(12-23)16-32-15-19(18-4-6-22(30-3)7-5-18)13-25(32)27-31-10-11-33(24)27/h4-13,15,21H,14,16-17,29H2,1-2H3/t21-/m1/s1. The normalized spacial score (nSPS) is 16.9. The molecule has 1 saturated heterocycles. The first-order chi connectivity index (χ1) is 16.8. The summed E-state index contributed by atoms with van der Waals surface area (Å²) in [5, 5.41) is 0. The minimum Gasteiger partial charge on any atom is -0.340 e. The zero-order valence-electron chi connectivity index (χ0n) is 19.8. The summed E-state index contributed by atoms with van der Waals surface area (Å²) in [7, 11) is 0. The maximum absolute atomic E-state index is 12.9. The van der Waals surface area contributed by atoms with Crippen LogP contribution in [0.5, 0.6) is 0 Å². The molecule has 0 spiro atoms. The molecule has 0 radical (unpaired) electrons. The summed E-state index contributed by atoms with van der Waals surface area (Å²) in [6, 6.07) is 16.0. The van der Waals surface area contributed by atoms with Gasteiger partial charge in [0.15, 0.2) is 11.5 Å². The molecule has 1 atom stereocenters. The van der Waals surface area contributed by atoms with Crippen molar-refractivity contribution in [3.8, 4) is 28.3 Å². The van der Waals surface area contributed by atoms with Crippen LogP contribution in [-0.4, -0.2) is 32.1 Å². The van der Waals surface area contributed by atoms with E-state index < -0.39 is 5.54 Å². The van der Waals surface area contributed by atoms with Crippen molar-refractivity contribution < 1.29 is 4.79 Å². The number of nitrogens with two attached hydrogens (primary N) is 1. The van der Waals surface area contributed by atoms with Crippen molar-refractivity contribution in [2.45, 2.75) is 32.4 Å². The minimum absolute atomic E-state index is 0.122. The Balaban J connectivity index is 1.40. The number of carbonyl (C=O) groups excluding carboxylic acids is 1. The maximum atomic E-state index is 12.9. The first-order valence-electron chi connectivity index (χ1n) is 11.8. The van der Waals surface area contributed by atoms with Crippen LogP contribution in [0.25, 0.3) is 33.2 Å². The number of benzene rings is 2. The summed E-state index contributed by atoms with van der Waals surface area (Å²) in [4.78, 5) is 22.9. The molecule has 6 rings (SSSR count). The van der Waals surface area contributed by atoms with Crippen molar-refractivity contribution in [3.05, 3.63) is 84.1 Å². The van der Waals surface area contributed by atoms with Gasteiger partial charge in [-0.2, -0.15) is 0 Å². The SMILES string of the molecule is [C-]#[N+]c1ccc(-c2cc3n(c2)Cc2cc(N4C[C@H](C(C)(C)N)CC4=O)ccc2-n2ccnc2-3)cc1. The van der Waals surface area contributed by atoms with Crippen LogP contribution in [-0.2, 0) is 11.3 Å². The second kappa shape index (κ2) is 7.69. The summed E-state index contributed by atoms with van der Waals surface area (Å²) in [5.74, 6) is 1.13. The van der Waals surface area contributed by atoms with Crippen LogP contribution in [0.2, 0.25) is 0 Å². The molecule has 4 aromatic rings. The summed E-state index contributed by atoms with van der Waals surface area (Å²) in [5.41, 5.74) is 12.8. The number of rotatable bonds is 3. The number of carbonyl (C=O) groups is 1. The number of hydrogen-bond donors (Lipinski definition) is 1. The lowest BCUT2D eigenvalue weighted by Crippen LogP contribution is -2.42. The fourth-order valence-corrected chi connectivity index (χ4v) is 5.14. The third kappa shape index (κ3) is 3.54. The van der Waals surface area contributed by atoms with Crippen LogP contribution in [0.3, 0.4) is 0 Å². The third-order valence-corrected chi connectivity index (χ3v) is 7.25. The van der Waals surface area contributed by atoms with Crippen LogP contribution in [0.4, 0.5) is 11.4 Å². The van der Waals surface area contributed by atoms with Gasteiger partial charge in [0.25, 0.3) is 0 Å². The average Bonchev–Trinajstić information content (AvgIpc) is 3.56. The maximum Gasteiger partial charge on any atom is 0.227 e. The molecule has 35 heavy (non-hydrogen) atoms. The topological polar surface area (TPSA) is 73.4 Å². The van der Waals surface area contributed by atoms with Crippen molar-refractivity contribution in [1.29, 1.82) is 0 Å². The monoisotopic (exact) mass is 462 g/mol. The highest BCUT2D eigenvalue weighted by Crippen LogP contribution is 2.37. The molecule has 174 valence electrons. The van der Waals surface area contributed by atoms with E-state index in [1.54, 1.807) is 0 Å². The highest BCUT2D eigenvalue weighted by Gasteiger charge is 2.38. The van der Waals surface area contributed by atoms with Crippen LogP contribution in [0.15, 0.2) is 67.1 Å². The molecule has 7 nitrogen and oxygen atoms in total. The van der Waals surface area contributed by atoms with E-state index in [1.807, 2.05) is 61.5 Å². The Bertz CT molecular complexity index is 1500. The van der Waals surface area contributed by atoms with Crippen molar-refractivity contribution in [1.82, 2.24) is 14.1 Å². The second-order valence-corrected chi connectivity index (χ2v) is 10.1. The van der Waals surface area contributed by atoms with E-state index in [4.69, 9.17) is 12.3 Å². The first-order valence-corrected chi connectivity index (χ1v) is 11.8. The molecule has 2 N–H and O–H groups in total. The minimum atomic E-state index is -0.398. The Morgan fingerprint density at radius 2 is 1.91 bits per heavy atom. The van der Waals surface area contributed by atoms with Crippen molar-refractivity contribution in [2.75, 3.05) is 11.4 Å². The van der Waals surface area contributed by atoms with Gasteiger partial charge in [0.05, 0.1) is 18.0 Å². The Hall–Kier alpha value is -4.15. The predicted molar refractivity (Wildman–Crippen MR) is 137 cm³/mol. The zero-order valence-corrected chi connectivity index (χ0v) is 19.8. The van der Waals surface area contributed by atoms with Gasteiger partial charge in [-0.3, -0.25) is 9.36 Å². The summed E-state index contributed by atoms with van der Waals surface area (Å²) in [6.07, 6.45) is 6.41. The van der Waals surface area contributed by atoms with Crippen LogP contribution < -0.4 is 10.6 Å². The molecule has 0 bridgehead atoms. The Labute approximate surface area is 204 Å². The highest BCUT2D eigenvalue weighted by atomic mass is 16.2. The number of anilines is 1. The molecule has 2 aliphatic heterocycles. The van der Waals surface area contributed by atoms with E-state index in [1.165, 1.54) is 0 Å². The van der Waals surface area contributed by atoms with Gasteiger partial charge in [-0.15, -0.1) is 0 Å². The van der Waals surface area contributed by atoms with Gasteiger partial charge in [-0.1, -0.05) is 24.3 Å². The molecule has 4 heterocycles. The van der Waals surface area contributed by atoms with E-state index in [9.17, 15) is 4.79 Å². The molecule has 0 unspecified atom stereocenters. The van der Waals surface area contributed by atoms with E-state index in [2.05, 4.69) is 43.4 Å². The van der Waals surface area contributed by atoms with Gasteiger partial charge in [0, 0.05) is 60.8 Å². The Kier molecular flexibility index (Phi) is 4.70. The number of hydrogen-bond acceptors (Lipinski definition) is 3. The summed E-state index contributed by atoms with van der Waals surface area (Å²) >= 11 is 0. The van der Waals surface area contributed by atoms with E-state index >= 15 is 0 Å². The van der Waals surface area contributed by atoms with Crippen LogP contribution in [0.1, 0.15) is 25.8 Å². The fourth-order valence-electron chi connectivity index (χ4n) is 5.14. The Morgan fingerprint density at radius 1 is 1.11 bits per heavy atom. The lowest BCUT2D eigenvalue weighted by atomic mass is 9.88. The molecular formula is C28H26N6O. The molecule has 7 heteroatoms. The van der Waals surface area contributed by atoms with E-state index in [0.717, 1.165) is 39.6 Å². The molecule has 0 aliphatic carbocycles. The molecule has 2 aliphatic rings.